The molecule has 112 valence electrons. The first kappa shape index (κ1) is 14.2. The van der Waals surface area contributed by atoms with Crippen molar-refractivity contribution >= 4 is 23.6 Å². The highest BCUT2D eigenvalue weighted by Gasteiger charge is 2.53. The van der Waals surface area contributed by atoms with Gasteiger partial charge in [-0.1, -0.05) is 19.3 Å². The van der Waals surface area contributed by atoms with Crippen LogP contribution in [0.4, 0.5) is 0 Å². The zero-order valence-corrected chi connectivity index (χ0v) is 13.2. The Hall–Kier alpha value is -0.710. The van der Waals surface area contributed by atoms with E-state index in [1.54, 1.807) is 0 Å². The summed E-state index contributed by atoms with van der Waals surface area (Å²) in [6, 6.07) is -0.321. The Morgan fingerprint density at radius 3 is 2.35 bits per heavy atom. The van der Waals surface area contributed by atoms with Gasteiger partial charge in [0.2, 0.25) is 11.8 Å². The third-order valence-electron chi connectivity index (χ3n) is 5.49. The van der Waals surface area contributed by atoms with Crippen molar-refractivity contribution in [1.82, 2.24) is 10.2 Å². The maximum absolute atomic E-state index is 12.9. The lowest BCUT2D eigenvalue weighted by Gasteiger charge is -2.49. The summed E-state index contributed by atoms with van der Waals surface area (Å²) in [5.41, 5.74) is -0.576. The number of nitrogens with zero attached hydrogens (tertiary/aromatic N) is 1. The Morgan fingerprint density at radius 2 is 1.85 bits per heavy atom. The fourth-order valence-electron chi connectivity index (χ4n) is 3.82. The largest absolute Gasteiger partial charge is 0.340 e. The van der Waals surface area contributed by atoms with Crippen LogP contribution in [-0.4, -0.2) is 45.8 Å². The molecule has 3 fully saturated rings. The molecule has 5 heteroatoms. The highest BCUT2D eigenvalue weighted by molar-refractivity contribution is 8.00. The molecule has 1 N–H and O–H groups in total. The number of rotatable bonds is 3. The molecular weight excluding hydrogens is 272 g/mol. The van der Waals surface area contributed by atoms with Gasteiger partial charge in [-0.2, -0.15) is 11.8 Å². The first-order chi connectivity index (χ1) is 9.52. The minimum Gasteiger partial charge on any atom is -0.340 e. The number of amides is 2. The van der Waals surface area contributed by atoms with Crippen molar-refractivity contribution in [1.29, 1.82) is 0 Å². The Kier molecular flexibility index (Phi) is 3.51. The second-order valence-electron chi connectivity index (χ2n) is 6.63. The van der Waals surface area contributed by atoms with Crippen molar-refractivity contribution in [2.45, 2.75) is 68.2 Å². The average molecular weight is 296 g/mol. The van der Waals surface area contributed by atoms with Gasteiger partial charge in [0.1, 0.15) is 11.6 Å². The van der Waals surface area contributed by atoms with Crippen LogP contribution >= 0.6 is 11.8 Å². The first-order valence-corrected chi connectivity index (χ1v) is 8.93. The summed E-state index contributed by atoms with van der Waals surface area (Å²) < 4.78 is 0.196. The molecule has 20 heavy (non-hydrogen) atoms. The van der Waals surface area contributed by atoms with Crippen LogP contribution in [0.2, 0.25) is 0 Å². The molecule has 1 heterocycles. The zero-order valence-electron chi connectivity index (χ0n) is 12.4. The Labute approximate surface area is 125 Å². The van der Waals surface area contributed by atoms with Crippen molar-refractivity contribution in [3.05, 3.63) is 0 Å². The third-order valence-corrected chi connectivity index (χ3v) is 6.90. The van der Waals surface area contributed by atoms with E-state index in [0.717, 1.165) is 32.2 Å². The lowest BCUT2D eigenvalue weighted by atomic mass is 9.82. The molecule has 2 amide bonds. The summed E-state index contributed by atoms with van der Waals surface area (Å²) in [5, 5.41) is 3.02. The summed E-state index contributed by atoms with van der Waals surface area (Å²) in [4.78, 5) is 27.1. The number of hydrogen-bond acceptors (Lipinski definition) is 3. The van der Waals surface area contributed by atoms with E-state index >= 15 is 0 Å². The summed E-state index contributed by atoms with van der Waals surface area (Å²) in [5.74, 6) is 0.199. The van der Waals surface area contributed by atoms with E-state index in [1.807, 2.05) is 23.6 Å². The van der Waals surface area contributed by atoms with E-state index in [1.165, 1.54) is 19.3 Å². The van der Waals surface area contributed by atoms with Gasteiger partial charge in [-0.05, 0) is 38.9 Å². The summed E-state index contributed by atoms with van der Waals surface area (Å²) in [7, 11) is 0. The topological polar surface area (TPSA) is 49.4 Å². The summed E-state index contributed by atoms with van der Waals surface area (Å²) >= 11 is 1.86. The Balaban J connectivity index is 1.83. The molecule has 0 radical (unpaired) electrons. The molecule has 0 aromatic carbocycles. The number of hydrogen-bond donors (Lipinski definition) is 1. The molecule has 1 spiro atoms. The second kappa shape index (κ2) is 4.93. The SMILES string of the molecule is CSC1(CN2C(=O)C3(CCCC3)NC(=O)C2C)CCC1. The zero-order chi connectivity index (χ0) is 14.4. The van der Waals surface area contributed by atoms with Crippen LogP contribution in [0.25, 0.3) is 0 Å². The minimum atomic E-state index is -0.576. The molecule has 1 atom stereocenters. The van der Waals surface area contributed by atoms with Gasteiger partial charge in [-0.15, -0.1) is 0 Å². The molecule has 0 aromatic heterocycles. The number of piperazine rings is 1. The number of carbonyl (C=O) groups excluding carboxylic acids is 2. The van der Waals surface area contributed by atoms with Crippen LogP contribution < -0.4 is 5.32 Å². The fourth-order valence-corrected chi connectivity index (χ4v) is 4.79. The second-order valence-corrected chi connectivity index (χ2v) is 7.90. The van der Waals surface area contributed by atoms with Crippen LogP contribution in [0.15, 0.2) is 0 Å². The maximum atomic E-state index is 12.9. The van der Waals surface area contributed by atoms with E-state index in [9.17, 15) is 9.59 Å². The standard InChI is InChI=1S/C15H24N2O2S/c1-11-12(18)16-15(8-3-4-9-15)13(19)17(11)10-14(20-2)6-5-7-14/h11H,3-10H2,1-2H3,(H,16,18). The first-order valence-electron chi connectivity index (χ1n) is 7.70. The number of nitrogens with one attached hydrogen (secondary N) is 1. The smallest absolute Gasteiger partial charge is 0.249 e. The van der Waals surface area contributed by atoms with Crippen molar-refractivity contribution in [2.24, 2.45) is 0 Å². The normalized spacial score (nSPS) is 31.3. The lowest BCUT2D eigenvalue weighted by Crippen LogP contribution is -2.70. The van der Waals surface area contributed by atoms with Crippen molar-refractivity contribution in [3.63, 3.8) is 0 Å². The molecular formula is C15H24N2O2S. The van der Waals surface area contributed by atoms with Gasteiger partial charge in [-0.25, -0.2) is 0 Å². The maximum Gasteiger partial charge on any atom is 0.249 e. The lowest BCUT2D eigenvalue weighted by molar-refractivity contribution is -0.155. The molecule has 1 saturated heterocycles. The molecule has 3 rings (SSSR count). The monoisotopic (exact) mass is 296 g/mol. The van der Waals surface area contributed by atoms with Crippen molar-refractivity contribution in [3.8, 4) is 0 Å². The van der Waals surface area contributed by atoms with Crippen LogP contribution in [0.1, 0.15) is 51.9 Å². The Bertz CT molecular complexity index is 422. The van der Waals surface area contributed by atoms with Gasteiger partial charge in [0, 0.05) is 11.3 Å². The quantitative estimate of drug-likeness (QED) is 0.866. The van der Waals surface area contributed by atoms with Crippen LogP contribution in [0.3, 0.4) is 0 Å². The number of thioether (sulfide) groups is 1. The molecule has 0 aromatic rings. The van der Waals surface area contributed by atoms with E-state index in [2.05, 4.69) is 11.6 Å². The van der Waals surface area contributed by atoms with E-state index < -0.39 is 5.54 Å². The molecule has 3 aliphatic rings. The van der Waals surface area contributed by atoms with Gasteiger partial charge in [0.15, 0.2) is 0 Å². The summed E-state index contributed by atoms with van der Waals surface area (Å²) in [6.45, 7) is 2.60. The van der Waals surface area contributed by atoms with E-state index in [0.29, 0.717) is 0 Å². The molecule has 1 aliphatic heterocycles. The van der Waals surface area contributed by atoms with E-state index in [-0.39, 0.29) is 22.6 Å². The predicted molar refractivity (Wildman–Crippen MR) is 80.6 cm³/mol. The molecule has 2 aliphatic carbocycles. The average Bonchev–Trinajstić information content (AvgIpc) is 2.85. The van der Waals surface area contributed by atoms with Crippen LogP contribution in [0.5, 0.6) is 0 Å². The fraction of sp³-hybridized carbons (Fsp3) is 0.867. The predicted octanol–water partition coefficient (Wildman–Crippen LogP) is 1.93. The molecule has 2 saturated carbocycles. The number of carbonyl (C=O) groups is 2. The van der Waals surface area contributed by atoms with Gasteiger partial charge in [0.05, 0.1) is 0 Å². The Morgan fingerprint density at radius 1 is 1.20 bits per heavy atom. The molecule has 1 unspecified atom stereocenters. The van der Waals surface area contributed by atoms with E-state index in [4.69, 9.17) is 0 Å². The van der Waals surface area contributed by atoms with Gasteiger partial charge in [-0.3, -0.25) is 9.59 Å². The molecule has 4 nitrogen and oxygen atoms in total. The van der Waals surface area contributed by atoms with Crippen LogP contribution in [-0.2, 0) is 9.59 Å². The molecule has 0 bridgehead atoms. The van der Waals surface area contributed by atoms with Crippen molar-refractivity contribution < 1.29 is 9.59 Å². The summed E-state index contributed by atoms with van der Waals surface area (Å²) in [6.07, 6.45) is 9.42. The van der Waals surface area contributed by atoms with Crippen molar-refractivity contribution in [2.75, 3.05) is 12.8 Å². The third kappa shape index (κ3) is 2.05. The minimum absolute atomic E-state index is 0.0297. The van der Waals surface area contributed by atoms with Gasteiger partial charge >= 0.3 is 0 Å². The van der Waals surface area contributed by atoms with Crippen LogP contribution in [0, 0.1) is 0 Å². The highest BCUT2D eigenvalue weighted by atomic mass is 32.2. The van der Waals surface area contributed by atoms with Gasteiger partial charge < -0.3 is 10.2 Å². The highest BCUT2D eigenvalue weighted by Crippen LogP contribution is 2.45. The van der Waals surface area contributed by atoms with Gasteiger partial charge in [0.25, 0.3) is 0 Å².